The molecule has 0 spiro atoms. The number of anilines is 1. The van der Waals surface area contributed by atoms with Crippen LogP contribution in [0.15, 0.2) is 39.4 Å². The topological polar surface area (TPSA) is 41.3 Å². The lowest BCUT2D eigenvalue weighted by atomic mass is 10.2. The molecule has 108 valence electrons. The molecule has 5 heteroatoms. The zero-order valence-corrected chi connectivity index (χ0v) is 13.5. The maximum Gasteiger partial charge on any atom is 0.297 e. The lowest BCUT2D eigenvalue weighted by Crippen LogP contribution is -2.17. The zero-order chi connectivity index (χ0) is 14.4. The van der Waals surface area contributed by atoms with Gasteiger partial charge in [0.25, 0.3) is 6.01 Å². The number of aromatic nitrogens is 1. The van der Waals surface area contributed by atoms with E-state index in [2.05, 4.69) is 45.3 Å². The molecule has 4 nitrogen and oxygen atoms in total. The Morgan fingerprint density at radius 1 is 1.30 bits per heavy atom. The Morgan fingerprint density at radius 2 is 2.05 bits per heavy atom. The van der Waals surface area contributed by atoms with Gasteiger partial charge in [0.1, 0.15) is 6.26 Å². The molecule has 0 unspecified atom stereocenters. The minimum atomic E-state index is 0.654. The van der Waals surface area contributed by atoms with Gasteiger partial charge in [-0.1, -0.05) is 35.0 Å². The zero-order valence-electron chi connectivity index (χ0n) is 11.9. The van der Waals surface area contributed by atoms with Gasteiger partial charge in [-0.3, -0.25) is 0 Å². The summed E-state index contributed by atoms with van der Waals surface area (Å²) in [5.41, 5.74) is 2.16. The van der Waals surface area contributed by atoms with Gasteiger partial charge in [0.05, 0.1) is 5.69 Å². The van der Waals surface area contributed by atoms with Crippen molar-refractivity contribution in [1.82, 2.24) is 10.3 Å². The van der Waals surface area contributed by atoms with E-state index in [1.54, 1.807) is 6.26 Å². The second kappa shape index (κ2) is 7.45. The van der Waals surface area contributed by atoms with Crippen LogP contribution in [0.25, 0.3) is 0 Å². The van der Waals surface area contributed by atoms with E-state index in [-0.39, 0.29) is 0 Å². The first kappa shape index (κ1) is 15.1. The molecule has 0 saturated heterocycles. The van der Waals surface area contributed by atoms with Crippen LogP contribution in [0.4, 0.5) is 6.01 Å². The van der Waals surface area contributed by atoms with Gasteiger partial charge in [-0.25, -0.2) is 0 Å². The second-order valence-electron chi connectivity index (χ2n) is 4.78. The van der Waals surface area contributed by atoms with Crippen LogP contribution in [-0.4, -0.2) is 18.6 Å². The van der Waals surface area contributed by atoms with Crippen molar-refractivity contribution >= 4 is 21.9 Å². The Balaban J connectivity index is 1.91. The maximum atomic E-state index is 5.52. The Bertz CT molecular complexity index is 524. The summed E-state index contributed by atoms with van der Waals surface area (Å²) in [4.78, 5) is 6.49. The molecule has 0 aliphatic heterocycles. The quantitative estimate of drug-likeness (QED) is 0.784. The third-order valence-corrected chi connectivity index (χ3v) is 3.46. The smallest absolute Gasteiger partial charge is 0.297 e. The van der Waals surface area contributed by atoms with E-state index in [9.17, 15) is 0 Å². The SMILES string of the molecule is CCCNCc1coc(N(C)Cc2ccc(Br)cc2)n1. The fourth-order valence-electron chi connectivity index (χ4n) is 1.88. The van der Waals surface area contributed by atoms with Crippen molar-refractivity contribution in [3.63, 3.8) is 0 Å². The van der Waals surface area contributed by atoms with E-state index < -0.39 is 0 Å². The van der Waals surface area contributed by atoms with E-state index in [4.69, 9.17) is 4.42 Å². The minimum Gasteiger partial charge on any atom is -0.432 e. The average Bonchev–Trinajstić information content (AvgIpc) is 2.91. The largest absolute Gasteiger partial charge is 0.432 e. The maximum absolute atomic E-state index is 5.52. The fourth-order valence-corrected chi connectivity index (χ4v) is 2.14. The van der Waals surface area contributed by atoms with Crippen molar-refractivity contribution < 1.29 is 4.42 Å². The number of benzene rings is 1. The summed E-state index contributed by atoms with van der Waals surface area (Å²) in [6.45, 7) is 4.67. The Labute approximate surface area is 128 Å². The number of oxazole rings is 1. The lowest BCUT2D eigenvalue weighted by Gasteiger charge is -2.14. The first-order valence-corrected chi connectivity index (χ1v) is 7.59. The molecule has 0 fully saturated rings. The summed E-state index contributed by atoms with van der Waals surface area (Å²) in [6.07, 6.45) is 2.84. The van der Waals surface area contributed by atoms with E-state index >= 15 is 0 Å². The average molecular weight is 338 g/mol. The van der Waals surface area contributed by atoms with Crippen LogP contribution in [0.3, 0.4) is 0 Å². The summed E-state index contributed by atoms with van der Waals surface area (Å²) in [6, 6.07) is 8.92. The third-order valence-electron chi connectivity index (χ3n) is 2.93. The standard InChI is InChI=1S/C15H20BrN3O/c1-3-8-17-9-14-11-20-15(18-14)19(2)10-12-4-6-13(16)7-5-12/h4-7,11,17H,3,8-10H2,1-2H3. The first-order chi connectivity index (χ1) is 9.69. The molecule has 0 bridgehead atoms. The summed E-state index contributed by atoms with van der Waals surface area (Å²) >= 11 is 3.44. The molecule has 1 heterocycles. The molecule has 1 aromatic carbocycles. The Kier molecular flexibility index (Phi) is 5.61. The highest BCUT2D eigenvalue weighted by molar-refractivity contribution is 9.10. The number of rotatable bonds is 7. The number of hydrogen-bond acceptors (Lipinski definition) is 4. The molecule has 0 atom stereocenters. The molecule has 0 amide bonds. The van der Waals surface area contributed by atoms with Crippen molar-refractivity contribution in [3.8, 4) is 0 Å². The van der Waals surface area contributed by atoms with Gasteiger partial charge < -0.3 is 14.6 Å². The molecule has 0 saturated carbocycles. The number of nitrogens with one attached hydrogen (secondary N) is 1. The van der Waals surface area contributed by atoms with Crippen molar-refractivity contribution in [3.05, 3.63) is 46.3 Å². The van der Waals surface area contributed by atoms with Crippen LogP contribution in [0.1, 0.15) is 24.6 Å². The highest BCUT2D eigenvalue weighted by Gasteiger charge is 2.09. The van der Waals surface area contributed by atoms with Crippen molar-refractivity contribution in [2.75, 3.05) is 18.5 Å². The van der Waals surface area contributed by atoms with Crippen LogP contribution in [0.2, 0.25) is 0 Å². The van der Waals surface area contributed by atoms with E-state index in [1.807, 2.05) is 24.1 Å². The molecule has 0 radical (unpaired) electrons. The van der Waals surface area contributed by atoms with E-state index in [0.717, 1.165) is 36.2 Å². The van der Waals surface area contributed by atoms with Crippen LogP contribution >= 0.6 is 15.9 Å². The van der Waals surface area contributed by atoms with Gasteiger partial charge in [-0.15, -0.1) is 0 Å². The highest BCUT2D eigenvalue weighted by Crippen LogP contribution is 2.16. The lowest BCUT2D eigenvalue weighted by molar-refractivity contribution is 0.542. The number of nitrogens with zero attached hydrogens (tertiary/aromatic N) is 2. The molecule has 2 aromatic rings. The number of halogens is 1. The fraction of sp³-hybridized carbons (Fsp3) is 0.400. The normalized spacial score (nSPS) is 10.8. The van der Waals surface area contributed by atoms with Crippen molar-refractivity contribution in [1.29, 1.82) is 0 Å². The monoisotopic (exact) mass is 337 g/mol. The van der Waals surface area contributed by atoms with Crippen LogP contribution in [-0.2, 0) is 13.1 Å². The minimum absolute atomic E-state index is 0.654. The van der Waals surface area contributed by atoms with E-state index in [0.29, 0.717) is 6.01 Å². The molecular weight excluding hydrogens is 318 g/mol. The first-order valence-electron chi connectivity index (χ1n) is 6.79. The van der Waals surface area contributed by atoms with Crippen molar-refractivity contribution in [2.45, 2.75) is 26.4 Å². The van der Waals surface area contributed by atoms with Gasteiger partial charge in [-0.05, 0) is 30.7 Å². The molecule has 0 aliphatic carbocycles. The molecule has 2 rings (SSSR count). The molecule has 1 aromatic heterocycles. The Hall–Kier alpha value is -1.33. The summed E-state index contributed by atoms with van der Waals surface area (Å²) < 4.78 is 6.61. The van der Waals surface area contributed by atoms with Gasteiger partial charge in [0, 0.05) is 24.6 Å². The summed E-state index contributed by atoms with van der Waals surface area (Å²) in [5.74, 6) is 0. The van der Waals surface area contributed by atoms with Crippen molar-refractivity contribution in [2.24, 2.45) is 0 Å². The molecule has 20 heavy (non-hydrogen) atoms. The van der Waals surface area contributed by atoms with Crippen LogP contribution in [0.5, 0.6) is 0 Å². The summed E-state index contributed by atoms with van der Waals surface area (Å²) in [5, 5.41) is 3.31. The second-order valence-corrected chi connectivity index (χ2v) is 5.70. The predicted molar refractivity (Wildman–Crippen MR) is 84.7 cm³/mol. The Morgan fingerprint density at radius 3 is 2.75 bits per heavy atom. The van der Waals surface area contributed by atoms with Gasteiger partial charge in [0.15, 0.2) is 0 Å². The predicted octanol–water partition coefficient (Wildman–Crippen LogP) is 3.57. The van der Waals surface area contributed by atoms with Crippen LogP contribution < -0.4 is 10.2 Å². The highest BCUT2D eigenvalue weighted by atomic mass is 79.9. The van der Waals surface area contributed by atoms with Gasteiger partial charge >= 0.3 is 0 Å². The third kappa shape index (κ3) is 4.35. The van der Waals surface area contributed by atoms with E-state index in [1.165, 1.54) is 5.56 Å². The molecular formula is C15H20BrN3O. The molecule has 0 aliphatic rings. The van der Waals surface area contributed by atoms with Gasteiger partial charge in [-0.2, -0.15) is 4.98 Å². The van der Waals surface area contributed by atoms with Gasteiger partial charge in [0.2, 0.25) is 0 Å². The molecule has 1 N–H and O–H groups in total. The van der Waals surface area contributed by atoms with Crippen LogP contribution in [0, 0.1) is 0 Å². The number of hydrogen-bond donors (Lipinski definition) is 1. The summed E-state index contributed by atoms with van der Waals surface area (Å²) in [7, 11) is 1.98.